The maximum atomic E-state index is 12.5. The van der Waals surface area contributed by atoms with Gasteiger partial charge in [0, 0.05) is 24.5 Å². The molecule has 0 aliphatic carbocycles. The topological polar surface area (TPSA) is 24.1 Å². The first-order valence-electron chi connectivity index (χ1n) is 6.80. The van der Waals surface area contributed by atoms with Crippen molar-refractivity contribution in [2.24, 2.45) is 0 Å². The van der Waals surface area contributed by atoms with Crippen LogP contribution in [-0.4, -0.2) is 6.54 Å². The maximum Gasteiger partial charge on any atom is 0.416 e. The molecule has 3 rings (SSSR count). The predicted molar refractivity (Wildman–Crippen MR) is 77.4 cm³/mol. The molecule has 21 heavy (non-hydrogen) atoms. The van der Waals surface area contributed by atoms with E-state index in [0.29, 0.717) is 12.2 Å². The molecule has 1 aliphatic heterocycles. The summed E-state index contributed by atoms with van der Waals surface area (Å²) in [6, 6.07) is 11.2. The Morgan fingerprint density at radius 1 is 1.05 bits per heavy atom. The zero-order valence-electron chi connectivity index (χ0n) is 11.3. The summed E-state index contributed by atoms with van der Waals surface area (Å²) < 4.78 is 37.5. The zero-order valence-corrected chi connectivity index (χ0v) is 11.3. The van der Waals surface area contributed by atoms with Gasteiger partial charge in [-0.05, 0) is 41.8 Å². The summed E-state index contributed by atoms with van der Waals surface area (Å²) >= 11 is 0. The van der Waals surface area contributed by atoms with Gasteiger partial charge in [-0.25, -0.2) is 0 Å². The van der Waals surface area contributed by atoms with Gasteiger partial charge in [0.25, 0.3) is 0 Å². The molecule has 2 N–H and O–H groups in total. The lowest BCUT2D eigenvalue weighted by atomic mass is 10.1. The van der Waals surface area contributed by atoms with E-state index in [9.17, 15) is 13.2 Å². The van der Waals surface area contributed by atoms with Crippen molar-refractivity contribution in [3.8, 4) is 0 Å². The Bertz CT molecular complexity index is 633. The van der Waals surface area contributed by atoms with Gasteiger partial charge in [-0.15, -0.1) is 0 Å². The van der Waals surface area contributed by atoms with Crippen LogP contribution in [0.1, 0.15) is 16.7 Å². The van der Waals surface area contributed by atoms with Gasteiger partial charge in [0.2, 0.25) is 0 Å². The number of para-hydroxylation sites is 1. The molecule has 5 heteroatoms. The molecule has 2 aromatic carbocycles. The molecule has 1 aliphatic rings. The maximum absolute atomic E-state index is 12.5. The molecular formula is C16H15F3N2. The minimum Gasteiger partial charge on any atom is -0.384 e. The average molecular weight is 292 g/mol. The highest BCUT2D eigenvalue weighted by molar-refractivity contribution is 5.62. The molecule has 0 bridgehead atoms. The standard InChI is InChI=1S/C16H15F3N2/c17-16(18,19)13-4-6-14(7-5-13)21-10-12-3-1-2-11-8-9-20-15(11)12/h1-7,20-21H,8-10H2. The third-order valence-corrected chi connectivity index (χ3v) is 3.63. The van der Waals surface area contributed by atoms with Crippen molar-refractivity contribution >= 4 is 11.4 Å². The van der Waals surface area contributed by atoms with E-state index in [2.05, 4.69) is 16.7 Å². The van der Waals surface area contributed by atoms with E-state index >= 15 is 0 Å². The van der Waals surface area contributed by atoms with Gasteiger partial charge in [0.05, 0.1) is 5.56 Å². The fourth-order valence-corrected chi connectivity index (χ4v) is 2.53. The lowest BCUT2D eigenvalue weighted by Crippen LogP contribution is -2.06. The Kier molecular flexibility index (Phi) is 3.49. The second kappa shape index (κ2) is 5.31. The molecular weight excluding hydrogens is 277 g/mol. The van der Waals surface area contributed by atoms with Crippen molar-refractivity contribution in [2.45, 2.75) is 19.1 Å². The Balaban J connectivity index is 1.70. The molecule has 0 atom stereocenters. The monoisotopic (exact) mass is 292 g/mol. The predicted octanol–water partition coefficient (Wildman–Crippen LogP) is 4.29. The van der Waals surface area contributed by atoms with Gasteiger partial charge in [-0.2, -0.15) is 13.2 Å². The highest BCUT2D eigenvalue weighted by Crippen LogP contribution is 2.30. The Hall–Kier alpha value is -2.17. The van der Waals surface area contributed by atoms with Crippen LogP contribution in [0, 0.1) is 0 Å². The fraction of sp³-hybridized carbons (Fsp3) is 0.250. The summed E-state index contributed by atoms with van der Waals surface area (Å²) in [7, 11) is 0. The molecule has 0 saturated carbocycles. The lowest BCUT2D eigenvalue weighted by Gasteiger charge is -2.12. The number of hydrogen-bond acceptors (Lipinski definition) is 2. The minimum atomic E-state index is -4.29. The first kappa shape index (κ1) is 13.8. The number of rotatable bonds is 3. The van der Waals surface area contributed by atoms with Crippen LogP contribution in [0.4, 0.5) is 24.5 Å². The third kappa shape index (κ3) is 2.96. The summed E-state index contributed by atoms with van der Waals surface area (Å²) in [6.45, 7) is 1.52. The van der Waals surface area contributed by atoms with E-state index in [0.717, 1.165) is 36.3 Å². The van der Waals surface area contributed by atoms with Crippen molar-refractivity contribution in [2.75, 3.05) is 17.2 Å². The van der Waals surface area contributed by atoms with Crippen molar-refractivity contribution in [1.82, 2.24) is 0 Å². The second-order valence-electron chi connectivity index (χ2n) is 5.06. The molecule has 1 heterocycles. The molecule has 0 fully saturated rings. The number of halogens is 3. The second-order valence-corrected chi connectivity index (χ2v) is 5.06. The summed E-state index contributed by atoms with van der Waals surface area (Å²) in [5, 5.41) is 6.51. The number of hydrogen-bond donors (Lipinski definition) is 2. The highest BCUT2D eigenvalue weighted by atomic mass is 19.4. The van der Waals surface area contributed by atoms with E-state index in [1.807, 2.05) is 12.1 Å². The van der Waals surface area contributed by atoms with Gasteiger partial charge in [0.1, 0.15) is 0 Å². The number of anilines is 2. The molecule has 0 aromatic heterocycles. The molecule has 0 spiro atoms. The molecule has 0 unspecified atom stereocenters. The van der Waals surface area contributed by atoms with Crippen LogP contribution in [-0.2, 0) is 19.1 Å². The zero-order chi connectivity index (χ0) is 14.9. The first-order valence-corrected chi connectivity index (χ1v) is 6.80. The van der Waals surface area contributed by atoms with Crippen LogP contribution in [0.15, 0.2) is 42.5 Å². The van der Waals surface area contributed by atoms with Crippen LogP contribution in [0.2, 0.25) is 0 Å². The first-order chi connectivity index (χ1) is 10.0. The van der Waals surface area contributed by atoms with Gasteiger partial charge < -0.3 is 10.6 Å². The summed E-state index contributed by atoms with van der Waals surface area (Å²) in [5.41, 5.74) is 3.62. The largest absolute Gasteiger partial charge is 0.416 e. The van der Waals surface area contributed by atoms with Crippen LogP contribution >= 0.6 is 0 Å². The number of benzene rings is 2. The van der Waals surface area contributed by atoms with E-state index in [1.165, 1.54) is 17.7 Å². The van der Waals surface area contributed by atoms with Crippen molar-refractivity contribution in [1.29, 1.82) is 0 Å². The lowest BCUT2D eigenvalue weighted by molar-refractivity contribution is -0.137. The van der Waals surface area contributed by atoms with Crippen LogP contribution in [0.5, 0.6) is 0 Å². The van der Waals surface area contributed by atoms with Crippen molar-refractivity contribution < 1.29 is 13.2 Å². The minimum absolute atomic E-state index is 0.585. The summed E-state index contributed by atoms with van der Waals surface area (Å²) in [5.74, 6) is 0. The van der Waals surface area contributed by atoms with Crippen LogP contribution in [0.3, 0.4) is 0 Å². The molecule has 2 nitrogen and oxygen atoms in total. The molecule has 110 valence electrons. The third-order valence-electron chi connectivity index (χ3n) is 3.63. The molecule has 0 saturated heterocycles. The summed E-state index contributed by atoms with van der Waals surface area (Å²) in [4.78, 5) is 0. The number of nitrogens with one attached hydrogen (secondary N) is 2. The van der Waals surface area contributed by atoms with E-state index < -0.39 is 11.7 Å². The van der Waals surface area contributed by atoms with Crippen molar-refractivity contribution in [3.63, 3.8) is 0 Å². The molecule has 0 radical (unpaired) electrons. The molecule has 2 aromatic rings. The van der Waals surface area contributed by atoms with Gasteiger partial charge in [0.15, 0.2) is 0 Å². The van der Waals surface area contributed by atoms with Crippen LogP contribution < -0.4 is 10.6 Å². The highest BCUT2D eigenvalue weighted by Gasteiger charge is 2.29. The Morgan fingerprint density at radius 3 is 2.52 bits per heavy atom. The van der Waals surface area contributed by atoms with E-state index in [1.54, 1.807) is 0 Å². The smallest absolute Gasteiger partial charge is 0.384 e. The number of fused-ring (bicyclic) bond motifs is 1. The fourth-order valence-electron chi connectivity index (χ4n) is 2.53. The van der Waals surface area contributed by atoms with Crippen LogP contribution in [0.25, 0.3) is 0 Å². The number of alkyl halides is 3. The van der Waals surface area contributed by atoms with Gasteiger partial charge in [-0.1, -0.05) is 18.2 Å². The molecule has 0 amide bonds. The SMILES string of the molecule is FC(F)(F)c1ccc(NCc2cccc3c2NCC3)cc1. The quantitative estimate of drug-likeness (QED) is 0.882. The van der Waals surface area contributed by atoms with E-state index in [-0.39, 0.29) is 0 Å². The Labute approximate surface area is 121 Å². The van der Waals surface area contributed by atoms with Crippen molar-refractivity contribution in [3.05, 3.63) is 59.2 Å². The Morgan fingerprint density at radius 2 is 1.81 bits per heavy atom. The average Bonchev–Trinajstić information content (AvgIpc) is 2.93. The van der Waals surface area contributed by atoms with Gasteiger partial charge in [-0.3, -0.25) is 0 Å². The normalized spacial score (nSPS) is 13.7. The summed E-state index contributed by atoms with van der Waals surface area (Å²) in [6.07, 6.45) is -3.27. The van der Waals surface area contributed by atoms with Gasteiger partial charge >= 0.3 is 6.18 Å². The van der Waals surface area contributed by atoms with E-state index in [4.69, 9.17) is 0 Å².